The van der Waals surface area contributed by atoms with Crippen molar-refractivity contribution in [2.45, 2.75) is 6.92 Å². The molecule has 0 aliphatic rings. The fraction of sp³-hybridized carbons (Fsp3) is 0.143. The first-order valence-electron chi connectivity index (χ1n) is 5.48. The summed E-state index contributed by atoms with van der Waals surface area (Å²) >= 11 is 0. The molecule has 0 bridgehead atoms. The van der Waals surface area contributed by atoms with Crippen LogP contribution in [0.5, 0.6) is 5.75 Å². The Kier molecular flexibility index (Phi) is 2.18. The lowest BCUT2D eigenvalue weighted by Gasteiger charge is -2.09. The summed E-state index contributed by atoms with van der Waals surface area (Å²) in [7, 11) is 1.66. The van der Waals surface area contributed by atoms with Crippen LogP contribution in [0.15, 0.2) is 36.7 Å². The minimum atomic E-state index is 0.773. The first-order chi connectivity index (χ1) is 8.31. The molecule has 0 atom stereocenters. The van der Waals surface area contributed by atoms with Gasteiger partial charge in [0.15, 0.2) is 0 Å². The maximum Gasteiger partial charge on any atom is 0.147 e. The average Bonchev–Trinajstić information content (AvgIpc) is 2.38. The van der Waals surface area contributed by atoms with Crippen LogP contribution < -0.4 is 4.74 Å². The molecule has 0 radical (unpaired) electrons. The number of methoxy groups -OCH3 is 1. The molecule has 3 heteroatoms. The van der Waals surface area contributed by atoms with Crippen molar-refractivity contribution < 1.29 is 4.74 Å². The van der Waals surface area contributed by atoms with Gasteiger partial charge in [-0.05, 0) is 24.6 Å². The minimum Gasteiger partial charge on any atom is -0.494 e. The average molecular weight is 224 g/mol. The topological polar surface area (TPSA) is 35.0 Å². The number of pyridine rings is 2. The quantitative estimate of drug-likeness (QED) is 0.596. The Bertz CT molecular complexity index is 707. The molecule has 0 fully saturated rings. The SMILES string of the molecule is COc1cc2ncccc2c2c(C)ccnc12. The van der Waals surface area contributed by atoms with Crippen LogP contribution in [0, 0.1) is 6.92 Å². The maximum absolute atomic E-state index is 5.39. The fourth-order valence-electron chi connectivity index (χ4n) is 2.18. The molecule has 0 aliphatic heterocycles. The number of hydrogen-bond acceptors (Lipinski definition) is 3. The minimum absolute atomic E-state index is 0.773. The Hall–Kier alpha value is -2.16. The Balaban J connectivity index is 2.62. The van der Waals surface area contributed by atoms with E-state index in [0.29, 0.717) is 0 Å². The molecule has 0 aliphatic carbocycles. The zero-order chi connectivity index (χ0) is 11.8. The summed E-state index contributed by atoms with van der Waals surface area (Å²) in [4.78, 5) is 8.78. The summed E-state index contributed by atoms with van der Waals surface area (Å²) in [6.45, 7) is 2.08. The van der Waals surface area contributed by atoms with Crippen molar-refractivity contribution in [1.29, 1.82) is 0 Å². The van der Waals surface area contributed by atoms with Crippen molar-refractivity contribution in [2.75, 3.05) is 7.11 Å². The molecular weight excluding hydrogens is 212 g/mol. The number of fused-ring (bicyclic) bond motifs is 3. The second-order valence-corrected chi connectivity index (χ2v) is 4.00. The second kappa shape index (κ2) is 3.70. The zero-order valence-electron chi connectivity index (χ0n) is 9.77. The lowest BCUT2D eigenvalue weighted by Crippen LogP contribution is -1.91. The van der Waals surface area contributed by atoms with Crippen molar-refractivity contribution in [3.05, 3.63) is 42.2 Å². The molecule has 2 heterocycles. The molecule has 3 nitrogen and oxygen atoms in total. The number of nitrogens with zero attached hydrogens (tertiary/aromatic N) is 2. The molecule has 0 amide bonds. The molecule has 0 N–H and O–H groups in total. The highest BCUT2D eigenvalue weighted by atomic mass is 16.5. The second-order valence-electron chi connectivity index (χ2n) is 4.00. The number of ether oxygens (including phenoxy) is 1. The molecule has 3 rings (SSSR count). The van der Waals surface area contributed by atoms with Gasteiger partial charge in [0, 0.05) is 29.2 Å². The van der Waals surface area contributed by atoms with Crippen molar-refractivity contribution in [3.63, 3.8) is 0 Å². The van der Waals surface area contributed by atoms with Gasteiger partial charge in [0.05, 0.1) is 12.6 Å². The van der Waals surface area contributed by atoms with Crippen LogP contribution in [0.25, 0.3) is 21.8 Å². The number of hydrogen-bond donors (Lipinski definition) is 0. The van der Waals surface area contributed by atoms with Gasteiger partial charge in [-0.25, -0.2) is 0 Å². The molecule has 2 aromatic heterocycles. The van der Waals surface area contributed by atoms with Gasteiger partial charge in [-0.15, -0.1) is 0 Å². The number of aromatic nitrogens is 2. The Morgan fingerprint density at radius 2 is 2.00 bits per heavy atom. The lowest BCUT2D eigenvalue weighted by atomic mass is 10.0. The van der Waals surface area contributed by atoms with E-state index in [1.54, 1.807) is 13.3 Å². The third kappa shape index (κ3) is 1.43. The van der Waals surface area contributed by atoms with Gasteiger partial charge in [0.1, 0.15) is 11.3 Å². The predicted molar refractivity (Wildman–Crippen MR) is 68.3 cm³/mol. The van der Waals surface area contributed by atoms with Gasteiger partial charge in [-0.2, -0.15) is 0 Å². The number of rotatable bonds is 1. The van der Waals surface area contributed by atoms with Crippen molar-refractivity contribution in [3.8, 4) is 5.75 Å². The van der Waals surface area contributed by atoms with Crippen LogP contribution in [-0.2, 0) is 0 Å². The Labute approximate surface area is 99.1 Å². The maximum atomic E-state index is 5.39. The van der Waals surface area contributed by atoms with E-state index >= 15 is 0 Å². The number of benzene rings is 1. The standard InChI is InChI=1S/C14H12N2O/c1-9-5-7-16-14-12(17-2)8-11-10(13(9)14)4-3-6-15-11/h3-8H,1-2H3. The molecule has 0 saturated carbocycles. The highest BCUT2D eigenvalue weighted by Crippen LogP contribution is 2.32. The van der Waals surface area contributed by atoms with Crippen molar-refractivity contribution in [1.82, 2.24) is 9.97 Å². The van der Waals surface area contributed by atoms with Crippen LogP contribution >= 0.6 is 0 Å². The summed E-state index contributed by atoms with van der Waals surface area (Å²) in [6, 6.07) is 7.96. The first-order valence-corrected chi connectivity index (χ1v) is 5.48. The Morgan fingerprint density at radius 1 is 1.12 bits per heavy atom. The molecule has 0 saturated heterocycles. The number of aryl methyl sites for hydroxylation is 1. The van der Waals surface area contributed by atoms with Gasteiger partial charge in [-0.3, -0.25) is 9.97 Å². The third-order valence-corrected chi connectivity index (χ3v) is 2.99. The van der Waals surface area contributed by atoms with E-state index in [1.165, 1.54) is 5.56 Å². The van der Waals surface area contributed by atoms with E-state index in [9.17, 15) is 0 Å². The van der Waals surface area contributed by atoms with E-state index in [1.807, 2.05) is 24.4 Å². The van der Waals surface area contributed by atoms with Gasteiger partial charge in [0.25, 0.3) is 0 Å². The molecule has 0 spiro atoms. The molecule has 17 heavy (non-hydrogen) atoms. The van der Waals surface area contributed by atoms with Gasteiger partial charge < -0.3 is 4.74 Å². The van der Waals surface area contributed by atoms with Gasteiger partial charge in [0.2, 0.25) is 0 Å². The molecule has 1 aromatic carbocycles. The Morgan fingerprint density at radius 3 is 2.82 bits per heavy atom. The van der Waals surface area contributed by atoms with Crippen LogP contribution in [0.2, 0.25) is 0 Å². The van der Waals surface area contributed by atoms with E-state index in [0.717, 1.165) is 27.6 Å². The molecule has 0 unspecified atom stereocenters. The normalized spacial score (nSPS) is 10.9. The van der Waals surface area contributed by atoms with Crippen molar-refractivity contribution in [2.24, 2.45) is 0 Å². The first kappa shape index (κ1) is 10.0. The summed E-state index contributed by atoms with van der Waals surface area (Å²) in [6.07, 6.45) is 3.60. The van der Waals surface area contributed by atoms with Crippen LogP contribution in [-0.4, -0.2) is 17.1 Å². The summed E-state index contributed by atoms with van der Waals surface area (Å²) in [5.41, 5.74) is 3.02. The van der Waals surface area contributed by atoms with Gasteiger partial charge >= 0.3 is 0 Å². The fourth-order valence-corrected chi connectivity index (χ4v) is 2.18. The highest BCUT2D eigenvalue weighted by molar-refractivity contribution is 6.08. The monoisotopic (exact) mass is 224 g/mol. The predicted octanol–water partition coefficient (Wildman–Crippen LogP) is 3.10. The van der Waals surface area contributed by atoms with Crippen LogP contribution in [0.1, 0.15) is 5.56 Å². The van der Waals surface area contributed by atoms with Crippen molar-refractivity contribution >= 4 is 21.8 Å². The van der Waals surface area contributed by atoms with Crippen LogP contribution in [0.3, 0.4) is 0 Å². The lowest BCUT2D eigenvalue weighted by molar-refractivity contribution is 0.419. The molecular formula is C14H12N2O. The zero-order valence-corrected chi connectivity index (χ0v) is 9.77. The highest BCUT2D eigenvalue weighted by Gasteiger charge is 2.10. The largest absolute Gasteiger partial charge is 0.494 e. The summed E-state index contributed by atoms with van der Waals surface area (Å²) in [5.74, 6) is 0.773. The van der Waals surface area contributed by atoms with E-state index in [-0.39, 0.29) is 0 Å². The smallest absolute Gasteiger partial charge is 0.147 e. The van der Waals surface area contributed by atoms with E-state index < -0.39 is 0 Å². The van der Waals surface area contributed by atoms with E-state index in [2.05, 4.69) is 23.0 Å². The van der Waals surface area contributed by atoms with Crippen LogP contribution in [0.4, 0.5) is 0 Å². The summed E-state index contributed by atoms with van der Waals surface area (Å²) < 4.78 is 5.39. The van der Waals surface area contributed by atoms with E-state index in [4.69, 9.17) is 4.74 Å². The van der Waals surface area contributed by atoms with Gasteiger partial charge in [-0.1, -0.05) is 6.07 Å². The third-order valence-electron chi connectivity index (χ3n) is 2.99. The molecule has 84 valence electrons. The summed E-state index contributed by atoms with van der Waals surface area (Å²) in [5, 5.41) is 2.24. The molecule has 3 aromatic rings.